The molecule has 0 aromatic carbocycles. The minimum absolute atomic E-state index is 0.154. The van der Waals surface area contributed by atoms with Crippen LogP contribution in [0, 0.1) is 0 Å². The maximum absolute atomic E-state index is 12.3. The van der Waals surface area contributed by atoms with Crippen LogP contribution < -0.4 is 0 Å². The predicted molar refractivity (Wildman–Crippen MR) is 294 cm³/mol. The molecule has 0 aromatic heterocycles. The lowest BCUT2D eigenvalue weighted by Gasteiger charge is -2.18. The molecule has 0 spiro atoms. The Balaban J connectivity index is 2.24. The van der Waals surface area contributed by atoms with E-state index in [0.29, 0.717) is 0 Å². The van der Waals surface area contributed by atoms with Gasteiger partial charge in [-0.05, 0) is 212 Å². The van der Waals surface area contributed by atoms with E-state index in [1.54, 1.807) is 6.08 Å². The van der Waals surface area contributed by atoms with E-state index < -0.39 is 39.0 Å². The van der Waals surface area contributed by atoms with Crippen LogP contribution in [0.5, 0.6) is 0 Å². The first kappa shape index (κ1) is 64.1. The number of phosphoric acid groups is 1. The smallest absolute Gasteiger partial charge is 0.394 e. The third-order valence-corrected chi connectivity index (χ3v) is 13.7. The zero-order chi connectivity index (χ0) is 51.6. The highest BCUT2D eigenvalue weighted by atomic mass is 31.2. The number of rotatable bonds is 36. The number of ether oxygens (including phenoxy) is 1. The summed E-state index contributed by atoms with van der Waals surface area (Å²) in [6.45, 7) is 25.9. The fourth-order valence-corrected chi connectivity index (χ4v) is 8.67. The van der Waals surface area contributed by atoms with Crippen LogP contribution in [0.25, 0.3) is 0 Å². The highest BCUT2D eigenvalue weighted by Gasteiger charge is 2.46. The highest BCUT2D eigenvalue weighted by molar-refractivity contribution is 7.47. The maximum Gasteiger partial charge on any atom is 0.474 e. The van der Waals surface area contributed by atoms with E-state index in [-0.39, 0.29) is 6.61 Å². The van der Waals surface area contributed by atoms with Gasteiger partial charge < -0.3 is 24.9 Å². The summed E-state index contributed by atoms with van der Waals surface area (Å²) in [6, 6.07) is 0. The van der Waals surface area contributed by atoms with Crippen LogP contribution in [0.2, 0.25) is 0 Å². The van der Waals surface area contributed by atoms with Gasteiger partial charge in [-0.1, -0.05) is 128 Å². The van der Waals surface area contributed by atoms with Crippen molar-refractivity contribution in [1.82, 2.24) is 0 Å². The van der Waals surface area contributed by atoms with Crippen molar-refractivity contribution in [2.75, 3.05) is 13.2 Å². The van der Waals surface area contributed by atoms with Gasteiger partial charge >= 0.3 is 7.82 Å². The number of hydrogen-bond donors (Lipinski definition) is 4. The van der Waals surface area contributed by atoms with Crippen LogP contribution in [0.15, 0.2) is 128 Å². The molecule has 392 valence electrons. The number of allylic oxidation sites excluding steroid dienone is 21. The zero-order valence-corrected chi connectivity index (χ0v) is 46.5. The summed E-state index contributed by atoms with van der Waals surface area (Å²) in [5, 5.41) is 28.9. The highest BCUT2D eigenvalue weighted by Crippen LogP contribution is 2.46. The molecule has 1 aliphatic rings. The molecule has 0 aliphatic carbocycles. The van der Waals surface area contributed by atoms with E-state index in [1.807, 2.05) is 6.92 Å². The lowest BCUT2D eigenvalue weighted by molar-refractivity contribution is -0.127. The second-order valence-electron chi connectivity index (χ2n) is 20.2. The molecule has 9 heteroatoms. The molecule has 8 nitrogen and oxygen atoms in total. The molecule has 1 unspecified atom stereocenters. The first-order chi connectivity index (χ1) is 32.7. The minimum atomic E-state index is -4.55. The molecule has 1 fully saturated rings. The third-order valence-electron chi connectivity index (χ3n) is 12.8. The van der Waals surface area contributed by atoms with Gasteiger partial charge in [-0.2, -0.15) is 0 Å². The van der Waals surface area contributed by atoms with Crippen LogP contribution >= 0.6 is 7.82 Å². The molecule has 1 saturated heterocycles. The van der Waals surface area contributed by atoms with E-state index in [0.717, 1.165) is 121 Å². The van der Waals surface area contributed by atoms with Crippen molar-refractivity contribution >= 4 is 7.82 Å². The Morgan fingerprint density at radius 1 is 0.420 bits per heavy atom. The van der Waals surface area contributed by atoms with Crippen LogP contribution in [-0.4, -0.2) is 58.0 Å². The fraction of sp³-hybridized carbons (Fsp3) is 0.633. The summed E-state index contributed by atoms with van der Waals surface area (Å²) in [5.41, 5.74) is 15.7. The minimum Gasteiger partial charge on any atom is -0.394 e. The van der Waals surface area contributed by atoms with Gasteiger partial charge in [0, 0.05) is 0 Å². The molecular formula is C60H99O8P. The molecule has 0 aromatic rings. The largest absolute Gasteiger partial charge is 0.474 e. The summed E-state index contributed by atoms with van der Waals surface area (Å²) < 4.78 is 27.2. The monoisotopic (exact) mass is 979 g/mol. The molecule has 0 amide bonds. The maximum atomic E-state index is 12.3. The molecular weight excluding hydrogens is 880 g/mol. The van der Waals surface area contributed by atoms with Gasteiger partial charge in [-0.25, -0.2) is 4.57 Å². The first-order valence-electron chi connectivity index (χ1n) is 26.2. The summed E-state index contributed by atoms with van der Waals surface area (Å²) >= 11 is 0. The van der Waals surface area contributed by atoms with Crippen LogP contribution in [-0.2, 0) is 18.3 Å². The van der Waals surface area contributed by atoms with Gasteiger partial charge in [-0.3, -0.25) is 9.05 Å². The van der Waals surface area contributed by atoms with Crippen LogP contribution in [0.1, 0.15) is 212 Å². The number of aliphatic hydroxyl groups excluding tert-OH is 3. The van der Waals surface area contributed by atoms with E-state index >= 15 is 0 Å². The SMILES string of the molecule is CC(C)=CCC/C(C)=C/CC/C(C)=C/CC/C(C)=C/CC/C(C)=C/CC/C(C)=C/CC/C(C)=C/CC/C(C)=C/CC/C(C)=C/CC/C(C)=C/CC/C(C)=C/COP(=O)(O)O[C@@H]1O[C@H](CO)[C@@H](O)[C@@H]1O. The Bertz CT molecular complexity index is 1880. The van der Waals surface area contributed by atoms with Crippen molar-refractivity contribution in [3.8, 4) is 0 Å². The van der Waals surface area contributed by atoms with Crippen LogP contribution in [0.3, 0.4) is 0 Å². The average Bonchev–Trinajstić information content (AvgIpc) is 3.53. The topological polar surface area (TPSA) is 126 Å². The molecule has 1 aliphatic heterocycles. The van der Waals surface area contributed by atoms with Gasteiger partial charge in [-0.15, -0.1) is 0 Å². The molecule has 0 bridgehead atoms. The van der Waals surface area contributed by atoms with Crippen LogP contribution in [0.4, 0.5) is 0 Å². The second kappa shape index (κ2) is 37.8. The van der Waals surface area contributed by atoms with Gasteiger partial charge in [0.15, 0.2) is 6.29 Å². The third kappa shape index (κ3) is 34.2. The van der Waals surface area contributed by atoms with Crippen molar-refractivity contribution in [1.29, 1.82) is 0 Å². The molecule has 4 N–H and O–H groups in total. The van der Waals surface area contributed by atoms with Gasteiger partial charge in [0.1, 0.15) is 18.3 Å². The van der Waals surface area contributed by atoms with E-state index in [1.165, 1.54) is 68.6 Å². The normalized spacial score (nSPS) is 20.8. The lowest BCUT2D eigenvalue weighted by Crippen LogP contribution is -2.34. The summed E-state index contributed by atoms with van der Waals surface area (Å²) in [4.78, 5) is 9.98. The molecule has 69 heavy (non-hydrogen) atoms. The Morgan fingerprint density at radius 2 is 0.667 bits per heavy atom. The van der Waals surface area contributed by atoms with Crippen molar-refractivity contribution in [3.63, 3.8) is 0 Å². The first-order valence-corrected chi connectivity index (χ1v) is 27.7. The van der Waals surface area contributed by atoms with Crippen molar-refractivity contribution in [2.45, 2.75) is 236 Å². The fourth-order valence-electron chi connectivity index (χ4n) is 7.91. The summed E-state index contributed by atoms with van der Waals surface area (Å²) in [5.74, 6) is 0. The van der Waals surface area contributed by atoms with Gasteiger partial charge in [0.2, 0.25) is 0 Å². The molecule has 1 heterocycles. The van der Waals surface area contributed by atoms with Gasteiger partial charge in [0.25, 0.3) is 0 Å². The van der Waals surface area contributed by atoms with Crippen molar-refractivity contribution in [3.05, 3.63) is 128 Å². The molecule has 0 saturated carbocycles. The van der Waals surface area contributed by atoms with Crippen molar-refractivity contribution < 1.29 is 38.6 Å². The second-order valence-corrected chi connectivity index (χ2v) is 21.7. The lowest BCUT2D eigenvalue weighted by atomic mass is 10.0. The van der Waals surface area contributed by atoms with E-state index in [9.17, 15) is 24.8 Å². The molecule has 1 rings (SSSR count). The standard InChI is InChI=1S/C60H99O8P/c1-46(2)23-13-24-47(3)25-14-26-48(4)27-15-28-49(5)29-16-30-50(6)31-17-32-51(7)33-18-34-52(8)35-19-36-53(9)37-20-38-54(10)39-21-40-55(11)41-22-42-56(12)43-44-66-69(64,65)68-60-59(63)58(62)57(45-61)67-60/h23,25,27,29,31,33,35,37,39,41,43,57-63H,13-22,24,26,28,30,32,34,36,38,40,42,44-45H2,1-12H3,(H,64,65)/b47-25+,48-27+,49-29+,50-31+,51-33+,52-35+,53-37+,54-39+,55-41+,56-43+/t57-,58-,59+,60+/m1/s1. The van der Waals surface area contributed by atoms with E-state index in [4.69, 9.17) is 13.8 Å². The number of hydrogen-bond acceptors (Lipinski definition) is 7. The predicted octanol–water partition coefficient (Wildman–Crippen LogP) is 16.8. The molecule has 5 atom stereocenters. The Labute approximate surface area is 422 Å². The summed E-state index contributed by atoms with van der Waals surface area (Å²) in [7, 11) is -4.55. The Hall–Kier alpha value is -2.91. The van der Waals surface area contributed by atoms with Crippen molar-refractivity contribution in [2.24, 2.45) is 0 Å². The summed E-state index contributed by atoms with van der Waals surface area (Å²) in [6.07, 6.45) is 41.9. The zero-order valence-electron chi connectivity index (χ0n) is 45.6. The number of aliphatic hydroxyl groups is 3. The Kier molecular flexibility index (Phi) is 35.1. The average molecular weight is 979 g/mol. The van der Waals surface area contributed by atoms with Gasteiger partial charge in [0.05, 0.1) is 13.2 Å². The number of phosphoric ester groups is 1. The molecule has 0 radical (unpaired) electrons. The van der Waals surface area contributed by atoms with E-state index in [2.05, 4.69) is 137 Å². The Morgan fingerprint density at radius 3 is 0.899 bits per heavy atom. The quantitative estimate of drug-likeness (QED) is 0.0361.